The fourth-order valence-electron chi connectivity index (χ4n) is 1.60. The maximum absolute atomic E-state index is 12.7. The predicted molar refractivity (Wildman–Crippen MR) is 76.5 cm³/mol. The number of anilines is 1. The van der Waals surface area contributed by atoms with Crippen molar-refractivity contribution in [2.24, 2.45) is 0 Å². The van der Waals surface area contributed by atoms with Crippen LogP contribution in [-0.2, 0) is 4.79 Å². The first-order valence-corrected chi connectivity index (χ1v) is 6.67. The summed E-state index contributed by atoms with van der Waals surface area (Å²) in [5.41, 5.74) is 4.70. The molecule has 0 bridgehead atoms. The molecule has 134 valence electrons. The minimum absolute atomic E-state index is 0.00150. The summed E-state index contributed by atoms with van der Waals surface area (Å²) in [6.07, 6.45) is -2.38. The van der Waals surface area contributed by atoms with Gasteiger partial charge in [-0.2, -0.15) is 8.78 Å². The van der Waals surface area contributed by atoms with Gasteiger partial charge in [0.25, 0.3) is 0 Å². The van der Waals surface area contributed by atoms with E-state index >= 15 is 0 Å². The number of carbonyl (C=O) groups excluding carboxylic acids is 1. The molecule has 1 amide bonds. The Bertz CT molecular complexity index is 727. The van der Waals surface area contributed by atoms with E-state index in [9.17, 15) is 26.7 Å². The summed E-state index contributed by atoms with van der Waals surface area (Å²) in [6, 6.07) is 4.91. The molecule has 2 rings (SSSR count). The molecular formula is C14H11F5N4O2. The number of amides is 1. The second-order valence-corrected chi connectivity index (χ2v) is 4.83. The molecule has 1 aromatic heterocycles. The average molecular weight is 362 g/mol. The van der Waals surface area contributed by atoms with Crippen LogP contribution in [-0.4, -0.2) is 28.2 Å². The number of nitrogens with zero attached hydrogens (tertiary/aromatic N) is 2. The van der Waals surface area contributed by atoms with Crippen molar-refractivity contribution < 1.29 is 31.5 Å². The van der Waals surface area contributed by atoms with Gasteiger partial charge in [0.15, 0.2) is 5.82 Å². The van der Waals surface area contributed by atoms with Crippen LogP contribution in [0, 0.1) is 0 Å². The molecule has 1 heterocycles. The van der Waals surface area contributed by atoms with Crippen LogP contribution in [0.2, 0.25) is 0 Å². The number of hydrazine groups is 1. The fraction of sp³-hybridized carbons (Fsp3) is 0.214. The molecule has 0 atom stereocenters. The van der Waals surface area contributed by atoms with Crippen molar-refractivity contribution in [3.05, 3.63) is 36.7 Å². The number of halogens is 5. The van der Waals surface area contributed by atoms with E-state index in [0.29, 0.717) is 18.2 Å². The van der Waals surface area contributed by atoms with E-state index in [1.807, 2.05) is 0 Å². The Kier molecular flexibility index (Phi) is 5.04. The van der Waals surface area contributed by atoms with Gasteiger partial charge in [0, 0.05) is 12.5 Å². The highest BCUT2D eigenvalue weighted by atomic mass is 19.4. The maximum Gasteiger partial charge on any atom is 0.573 e. The molecule has 0 fully saturated rings. The molecule has 0 aliphatic carbocycles. The first-order chi connectivity index (χ1) is 11.5. The molecule has 0 saturated heterocycles. The zero-order chi connectivity index (χ0) is 18.7. The van der Waals surface area contributed by atoms with Gasteiger partial charge in [0.05, 0.1) is 18.1 Å². The van der Waals surface area contributed by atoms with E-state index in [4.69, 9.17) is 0 Å². The van der Waals surface area contributed by atoms with Crippen LogP contribution in [0.3, 0.4) is 0 Å². The summed E-state index contributed by atoms with van der Waals surface area (Å²) >= 11 is 0. The van der Waals surface area contributed by atoms with Gasteiger partial charge < -0.3 is 4.74 Å². The number of hydrogen-bond acceptors (Lipinski definition) is 5. The van der Waals surface area contributed by atoms with Crippen LogP contribution in [0.4, 0.5) is 27.8 Å². The standard InChI is InChI=1S/C14H11F5N4O2/c1-13(15,16)12(24)23-22-11-7-20-10(6-21-11)8-2-4-9(5-3-8)25-14(17,18)19/h2-7H,1H3,(H,21,22)(H,23,24). The molecule has 0 aliphatic heterocycles. The zero-order valence-corrected chi connectivity index (χ0v) is 12.6. The van der Waals surface area contributed by atoms with E-state index < -0.39 is 18.2 Å². The molecule has 0 saturated carbocycles. The Hall–Kier alpha value is -2.98. The Morgan fingerprint density at radius 3 is 2.16 bits per heavy atom. The molecule has 25 heavy (non-hydrogen) atoms. The van der Waals surface area contributed by atoms with Gasteiger partial charge in [-0.1, -0.05) is 0 Å². The summed E-state index contributed by atoms with van der Waals surface area (Å²) in [5, 5.41) is 0. The molecular weight excluding hydrogens is 351 g/mol. The fourth-order valence-corrected chi connectivity index (χ4v) is 1.60. The third-order valence-electron chi connectivity index (χ3n) is 2.74. The van der Waals surface area contributed by atoms with Crippen molar-refractivity contribution in [2.75, 3.05) is 5.43 Å². The summed E-state index contributed by atoms with van der Waals surface area (Å²) in [4.78, 5) is 18.8. The van der Waals surface area contributed by atoms with Crippen molar-refractivity contribution in [2.45, 2.75) is 19.2 Å². The third kappa shape index (κ3) is 5.55. The summed E-state index contributed by atoms with van der Waals surface area (Å²) in [5.74, 6) is -5.48. The third-order valence-corrected chi connectivity index (χ3v) is 2.74. The van der Waals surface area contributed by atoms with Crippen LogP contribution in [0.5, 0.6) is 5.75 Å². The van der Waals surface area contributed by atoms with Gasteiger partial charge in [0.1, 0.15) is 5.75 Å². The van der Waals surface area contributed by atoms with Crippen LogP contribution < -0.4 is 15.6 Å². The lowest BCUT2D eigenvalue weighted by Gasteiger charge is -2.12. The summed E-state index contributed by atoms with van der Waals surface area (Å²) in [7, 11) is 0. The normalized spacial score (nSPS) is 11.8. The van der Waals surface area contributed by atoms with Crippen LogP contribution in [0.15, 0.2) is 36.7 Å². The molecule has 11 heteroatoms. The maximum atomic E-state index is 12.7. The Balaban J connectivity index is 2.01. The molecule has 2 N–H and O–H groups in total. The van der Waals surface area contributed by atoms with Crippen molar-refractivity contribution in [1.29, 1.82) is 0 Å². The summed E-state index contributed by atoms with van der Waals surface area (Å²) < 4.78 is 65.3. The lowest BCUT2D eigenvalue weighted by Crippen LogP contribution is -2.41. The molecule has 6 nitrogen and oxygen atoms in total. The van der Waals surface area contributed by atoms with Crippen molar-refractivity contribution in [3.8, 4) is 17.0 Å². The molecule has 0 unspecified atom stereocenters. The van der Waals surface area contributed by atoms with E-state index in [2.05, 4.69) is 20.1 Å². The van der Waals surface area contributed by atoms with Crippen LogP contribution >= 0.6 is 0 Å². The van der Waals surface area contributed by atoms with Crippen molar-refractivity contribution in [3.63, 3.8) is 0 Å². The first kappa shape index (κ1) is 18.4. The van der Waals surface area contributed by atoms with E-state index in [1.165, 1.54) is 18.3 Å². The smallest absolute Gasteiger partial charge is 0.406 e. The lowest BCUT2D eigenvalue weighted by molar-refractivity contribution is -0.274. The van der Waals surface area contributed by atoms with Crippen LogP contribution in [0.1, 0.15) is 6.92 Å². The SMILES string of the molecule is CC(F)(F)C(=O)NNc1cnc(-c2ccc(OC(F)(F)F)cc2)cn1. The van der Waals surface area contributed by atoms with Gasteiger partial charge in [-0.3, -0.25) is 20.6 Å². The molecule has 2 aromatic rings. The molecule has 0 spiro atoms. The largest absolute Gasteiger partial charge is 0.573 e. The highest BCUT2D eigenvalue weighted by Gasteiger charge is 2.32. The topological polar surface area (TPSA) is 76.1 Å². The number of ether oxygens (including phenoxy) is 1. The number of benzene rings is 1. The number of rotatable bonds is 5. The van der Waals surface area contributed by atoms with E-state index in [1.54, 1.807) is 5.43 Å². The molecule has 0 aliphatic rings. The number of hydrogen-bond donors (Lipinski definition) is 2. The van der Waals surface area contributed by atoms with E-state index in [-0.39, 0.29) is 11.6 Å². The minimum Gasteiger partial charge on any atom is -0.406 e. The number of nitrogens with one attached hydrogen (secondary N) is 2. The quantitative estimate of drug-likeness (QED) is 0.631. The summed E-state index contributed by atoms with van der Waals surface area (Å²) in [6.45, 7) is 0.435. The van der Waals surface area contributed by atoms with Gasteiger partial charge in [-0.25, -0.2) is 4.98 Å². The molecule has 0 radical (unpaired) electrons. The minimum atomic E-state index is -4.78. The second-order valence-electron chi connectivity index (χ2n) is 4.83. The predicted octanol–water partition coefficient (Wildman–Crippen LogP) is 3.14. The average Bonchev–Trinajstić information content (AvgIpc) is 2.51. The number of carbonyl (C=O) groups is 1. The Morgan fingerprint density at radius 2 is 1.68 bits per heavy atom. The zero-order valence-electron chi connectivity index (χ0n) is 12.6. The van der Waals surface area contributed by atoms with E-state index in [0.717, 1.165) is 18.3 Å². The molecule has 1 aromatic carbocycles. The Labute approximate surface area is 138 Å². The number of alkyl halides is 5. The van der Waals surface area contributed by atoms with Gasteiger partial charge in [-0.05, 0) is 24.3 Å². The highest BCUT2D eigenvalue weighted by Crippen LogP contribution is 2.25. The second kappa shape index (κ2) is 6.87. The van der Waals surface area contributed by atoms with Crippen molar-refractivity contribution in [1.82, 2.24) is 15.4 Å². The monoisotopic (exact) mass is 362 g/mol. The van der Waals surface area contributed by atoms with Gasteiger partial charge in [-0.15, -0.1) is 13.2 Å². The highest BCUT2D eigenvalue weighted by molar-refractivity contribution is 5.83. The lowest BCUT2D eigenvalue weighted by atomic mass is 10.1. The van der Waals surface area contributed by atoms with Gasteiger partial charge >= 0.3 is 18.2 Å². The Morgan fingerprint density at radius 1 is 1.04 bits per heavy atom. The first-order valence-electron chi connectivity index (χ1n) is 6.67. The van der Waals surface area contributed by atoms with Crippen LogP contribution in [0.25, 0.3) is 11.3 Å². The van der Waals surface area contributed by atoms with Crippen molar-refractivity contribution >= 4 is 11.7 Å². The number of aromatic nitrogens is 2. The van der Waals surface area contributed by atoms with Gasteiger partial charge in [0.2, 0.25) is 0 Å².